The van der Waals surface area contributed by atoms with E-state index in [1.165, 1.54) is 35.0 Å². The quantitative estimate of drug-likeness (QED) is 0.442. The van der Waals surface area contributed by atoms with Crippen LogP contribution in [0.1, 0.15) is 11.1 Å². The summed E-state index contributed by atoms with van der Waals surface area (Å²) in [5.74, 6) is 0.263. The van der Waals surface area contributed by atoms with E-state index in [4.69, 9.17) is 17.3 Å². The molecule has 0 aliphatic heterocycles. The van der Waals surface area contributed by atoms with Crippen molar-refractivity contribution in [2.24, 2.45) is 10.7 Å². The number of benzene rings is 2. The predicted molar refractivity (Wildman–Crippen MR) is 93.1 cm³/mol. The summed E-state index contributed by atoms with van der Waals surface area (Å²) in [6.07, 6.45) is 0. The standard InChI is InChI=1S/C15H13BrClFN2S/c16-8-10-3-1-2-4-11(10)9-21-15(19)20-12-5-6-14(18)13(17)7-12/h1-7H,8-9H2,(H2,19,20). The average molecular weight is 388 g/mol. The fourth-order valence-electron chi connectivity index (χ4n) is 1.69. The molecule has 0 saturated heterocycles. The van der Waals surface area contributed by atoms with Crippen molar-refractivity contribution in [1.82, 2.24) is 0 Å². The van der Waals surface area contributed by atoms with E-state index in [1.807, 2.05) is 12.1 Å². The number of hydrogen-bond acceptors (Lipinski definition) is 2. The summed E-state index contributed by atoms with van der Waals surface area (Å²) in [5, 5.41) is 1.26. The highest BCUT2D eigenvalue weighted by molar-refractivity contribution is 9.08. The Kier molecular flexibility index (Phi) is 6.08. The first kappa shape index (κ1) is 16.3. The van der Waals surface area contributed by atoms with E-state index in [-0.39, 0.29) is 5.02 Å². The minimum atomic E-state index is -0.465. The zero-order chi connectivity index (χ0) is 15.2. The molecule has 0 bridgehead atoms. The third kappa shape index (κ3) is 4.73. The van der Waals surface area contributed by atoms with Gasteiger partial charge >= 0.3 is 0 Å². The molecule has 0 amide bonds. The van der Waals surface area contributed by atoms with Crippen LogP contribution in [0.25, 0.3) is 0 Å². The van der Waals surface area contributed by atoms with Gasteiger partial charge in [-0.1, -0.05) is 63.6 Å². The van der Waals surface area contributed by atoms with E-state index in [0.29, 0.717) is 10.9 Å². The molecule has 0 aliphatic carbocycles. The minimum Gasteiger partial charge on any atom is -0.378 e. The number of rotatable bonds is 4. The first-order valence-electron chi connectivity index (χ1n) is 6.15. The van der Waals surface area contributed by atoms with Crippen LogP contribution in [0, 0.1) is 5.82 Å². The summed E-state index contributed by atoms with van der Waals surface area (Å²) in [7, 11) is 0. The molecule has 110 valence electrons. The monoisotopic (exact) mass is 386 g/mol. The number of thioether (sulfide) groups is 1. The highest BCUT2D eigenvalue weighted by atomic mass is 79.9. The van der Waals surface area contributed by atoms with Gasteiger partial charge in [0.15, 0.2) is 5.17 Å². The zero-order valence-corrected chi connectivity index (χ0v) is 14.2. The first-order chi connectivity index (χ1) is 10.1. The van der Waals surface area contributed by atoms with Crippen LogP contribution in [0.3, 0.4) is 0 Å². The lowest BCUT2D eigenvalue weighted by atomic mass is 10.1. The smallest absolute Gasteiger partial charge is 0.159 e. The van der Waals surface area contributed by atoms with Crippen molar-refractivity contribution < 1.29 is 4.39 Å². The number of halogens is 3. The lowest BCUT2D eigenvalue weighted by molar-refractivity contribution is 0.628. The Morgan fingerprint density at radius 1 is 1.24 bits per heavy atom. The van der Waals surface area contributed by atoms with E-state index in [1.54, 1.807) is 6.07 Å². The van der Waals surface area contributed by atoms with Crippen LogP contribution in [0.4, 0.5) is 10.1 Å². The van der Waals surface area contributed by atoms with E-state index in [2.05, 4.69) is 33.1 Å². The average Bonchev–Trinajstić information content (AvgIpc) is 2.49. The van der Waals surface area contributed by atoms with E-state index >= 15 is 0 Å². The fraction of sp³-hybridized carbons (Fsp3) is 0.133. The van der Waals surface area contributed by atoms with Crippen LogP contribution in [0.5, 0.6) is 0 Å². The Morgan fingerprint density at radius 2 is 1.95 bits per heavy atom. The molecule has 2 N–H and O–H groups in total. The van der Waals surface area contributed by atoms with Crippen molar-refractivity contribution >= 4 is 50.1 Å². The number of amidine groups is 1. The first-order valence-corrected chi connectivity index (χ1v) is 8.63. The predicted octanol–water partition coefficient (Wildman–Crippen LogP) is 5.25. The molecule has 2 aromatic rings. The van der Waals surface area contributed by atoms with Crippen molar-refractivity contribution in [2.75, 3.05) is 0 Å². The van der Waals surface area contributed by atoms with Crippen molar-refractivity contribution in [3.63, 3.8) is 0 Å². The molecule has 2 nitrogen and oxygen atoms in total. The lowest BCUT2D eigenvalue weighted by Crippen LogP contribution is -2.06. The topological polar surface area (TPSA) is 38.4 Å². The van der Waals surface area contributed by atoms with Crippen LogP contribution in [0.15, 0.2) is 47.5 Å². The van der Waals surface area contributed by atoms with Crippen LogP contribution in [-0.2, 0) is 11.1 Å². The SMILES string of the molecule is NC(=Nc1ccc(F)c(Cl)c1)SCc1ccccc1CBr. The largest absolute Gasteiger partial charge is 0.378 e. The normalized spacial score (nSPS) is 11.7. The highest BCUT2D eigenvalue weighted by Gasteiger charge is 2.04. The van der Waals surface area contributed by atoms with Gasteiger partial charge in [-0.3, -0.25) is 0 Å². The number of hydrogen-bond donors (Lipinski definition) is 1. The zero-order valence-electron chi connectivity index (χ0n) is 11.0. The van der Waals surface area contributed by atoms with E-state index in [9.17, 15) is 4.39 Å². The molecule has 0 heterocycles. The Labute approximate surface area is 140 Å². The molecule has 6 heteroatoms. The number of alkyl halides is 1. The molecule has 2 aromatic carbocycles. The highest BCUT2D eigenvalue weighted by Crippen LogP contribution is 2.24. The maximum Gasteiger partial charge on any atom is 0.159 e. The number of aliphatic imine (C=N–C) groups is 1. The van der Waals surface area contributed by atoms with Crippen LogP contribution in [-0.4, -0.2) is 5.17 Å². The summed E-state index contributed by atoms with van der Waals surface area (Å²) in [5.41, 5.74) is 8.87. The summed E-state index contributed by atoms with van der Waals surface area (Å²) in [6, 6.07) is 12.4. The van der Waals surface area contributed by atoms with Gasteiger partial charge in [0.1, 0.15) is 5.82 Å². The maximum atomic E-state index is 13.1. The summed E-state index contributed by atoms with van der Waals surface area (Å²) in [4.78, 5) is 4.23. The van der Waals surface area contributed by atoms with Crippen molar-refractivity contribution in [3.8, 4) is 0 Å². The minimum absolute atomic E-state index is 0.0404. The van der Waals surface area contributed by atoms with Gasteiger partial charge < -0.3 is 5.73 Å². The molecular formula is C15H13BrClFN2S. The Hall–Kier alpha value is -1.04. The maximum absolute atomic E-state index is 13.1. The molecule has 0 unspecified atom stereocenters. The Balaban J connectivity index is 2.05. The summed E-state index contributed by atoms with van der Waals surface area (Å²) < 4.78 is 13.1. The number of nitrogens with zero attached hydrogens (tertiary/aromatic N) is 1. The summed E-state index contributed by atoms with van der Waals surface area (Å²) in [6.45, 7) is 0. The molecule has 0 spiro atoms. The molecule has 21 heavy (non-hydrogen) atoms. The van der Waals surface area contributed by atoms with Gasteiger partial charge in [0.25, 0.3) is 0 Å². The van der Waals surface area contributed by atoms with E-state index in [0.717, 1.165) is 11.1 Å². The number of nitrogens with two attached hydrogens (primary N) is 1. The molecule has 2 rings (SSSR count). The third-order valence-corrected chi connectivity index (χ3v) is 4.52. The lowest BCUT2D eigenvalue weighted by Gasteiger charge is -2.06. The van der Waals surface area contributed by atoms with Gasteiger partial charge in [0.2, 0.25) is 0 Å². The van der Waals surface area contributed by atoms with Gasteiger partial charge in [-0.2, -0.15) is 0 Å². The fourth-order valence-corrected chi connectivity index (χ4v) is 3.17. The van der Waals surface area contributed by atoms with Gasteiger partial charge in [-0.05, 0) is 29.3 Å². The van der Waals surface area contributed by atoms with Crippen LogP contribution >= 0.6 is 39.3 Å². The van der Waals surface area contributed by atoms with Gasteiger partial charge in [0, 0.05) is 11.1 Å². The van der Waals surface area contributed by atoms with Crippen LogP contribution < -0.4 is 5.73 Å². The second-order valence-electron chi connectivity index (χ2n) is 4.24. The molecule has 0 atom stereocenters. The van der Waals surface area contributed by atoms with Gasteiger partial charge in [-0.15, -0.1) is 0 Å². The Morgan fingerprint density at radius 3 is 2.62 bits per heavy atom. The van der Waals surface area contributed by atoms with Crippen molar-refractivity contribution in [1.29, 1.82) is 0 Å². The molecule has 0 aromatic heterocycles. The molecule has 0 radical (unpaired) electrons. The van der Waals surface area contributed by atoms with Crippen LogP contribution in [0.2, 0.25) is 5.02 Å². The molecule has 0 aliphatic rings. The van der Waals surface area contributed by atoms with Crippen molar-refractivity contribution in [3.05, 3.63) is 64.4 Å². The second-order valence-corrected chi connectivity index (χ2v) is 6.20. The second kappa shape index (κ2) is 7.82. The summed E-state index contributed by atoms with van der Waals surface area (Å²) >= 11 is 10.6. The van der Waals surface area contributed by atoms with E-state index < -0.39 is 5.82 Å². The van der Waals surface area contributed by atoms with Gasteiger partial charge in [-0.25, -0.2) is 9.38 Å². The van der Waals surface area contributed by atoms with Gasteiger partial charge in [0.05, 0.1) is 10.7 Å². The third-order valence-electron chi connectivity index (χ3n) is 2.78. The molecular weight excluding hydrogens is 375 g/mol. The van der Waals surface area contributed by atoms with Crippen molar-refractivity contribution in [2.45, 2.75) is 11.1 Å². The Bertz CT molecular complexity index is 664. The molecule has 0 saturated carbocycles. The molecule has 0 fully saturated rings.